The number of aromatic hydroxyl groups is 1. The lowest BCUT2D eigenvalue weighted by atomic mass is 10.2. The molecule has 2 rings (SSSR count). The fourth-order valence-electron chi connectivity index (χ4n) is 1.21. The second-order valence-corrected chi connectivity index (χ2v) is 4.79. The van der Waals surface area contributed by atoms with Crippen molar-refractivity contribution in [2.75, 3.05) is 0 Å². The zero-order chi connectivity index (χ0) is 9.42. The van der Waals surface area contributed by atoms with Crippen LogP contribution >= 0.6 is 38.9 Å². The Labute approximate surface area is 93.1 Å². The first kappa shape index (κ1) is 9.31. The zero-order valence-electron chi connectivity index (χ0n) is 6.55. The molecule has 0 radical (unpaired) electrons. The van der Waals surface area contributed by atoms with Crippen molar-refractivity contribution in [3.05, 3.63) is 28.2 Å². The molecule has 0 saturated heterocycles. The summed E-state index contributed by atoms with van der Waals surface area (Å²) < 4.78 is 2.05. The van der Waals surface area contributed by atoms with Crippen molar-refractivity contribution in [1.82, 2.24) is 0 Å². The molecule has 1 heterocycles. The standard InChI is InChI=1S/C9H6BrClOS/c10-9-5(4-11)1-2-7-6(9)3-8(12)13-7/h1-3,12H,4H2. The van der Waals surface area contributed by atoms with Gasteiger partial charge in [-0.2, -0.15) is 0 Å². The van der Waals surface area contributed by atoms with Gasteiger partial charge in [0.15, 0.2) is 5.06 Å². The van der Waals surface area contributed by atoms with Crippen LogP contribution in [-0.4, -0.2) is 5.11 Å². The molecule has 0 aliphatic carbocycles. The average molecular weight is 278 g/mol. The Balaban J connectivity index is 2.78. The number of hydrogen-bond donors (Lipinski definition) is 1. The summed E-state index contributed by atoms with van der Waals surface area (Å²) in [4.78, 5) is 0. The molecule has 0 bridgehead atoms. The highest BCUT2D eigenvalue weighted by molar-refractivity contribution is 9.10. The summed E-state index contributed by atoms with van der Waals surface area (Å²) in [6, 6.07) is 5.69. The van der Waals surface area contributed by atoms with Gasteiger partial charge in [-0.3, -0.25) is 0 Å². The lowest BCUT2D eigenvalue weighted by molar-refractivity contribution is 0.491. The summed E-state index contributed by atoms with van der Waals surface area (Å²) in [5.41, 5.74) is 1.05. The number of halogens is 2. The predicted molar refractivity (Wildman–Crippen MR) is 60.7 cm³/mol. The van der Waals surface area contributed by atoms with Crippen molar-refractivity contribution in [3.8, 4) is 5.06 Å². The van der Waals surface area contributed by atoms with Gasteiger partial charge in [0.05, 0.1) is 0 Å². The second-order valence-electron chi connectivity index (χ2n) is 2.67. The first-order chi connectivity index (χ1) is 6.22. The van der Waals surface area contributed by atoms with Gasteiger partial charge in [0.1, 0.15) is 0 Å². The normalized spacial score (nSPS) is 10.9. The van der Waals surface area contributed by atoms with Crippen molar-refractivity contribution >= 4 is 49.0 Å². The summed E-state index contributed by atoms with van der Waals surface area (Å²) in [6.45, 7) is 0. The maximum absolute atomic E-state index is 9.31. The van der Waals surface area contributed by atoms with Crippen LogP contribution in [0.3, 0.4) is 0 Å². The van der Waals surface area contributed by atoms with Gasteiger partial charge in [-0.05, 0) is 27.6 Å². The van der Waals surface area contributed by atoms with E-state index in [9.17, 15) is 5.11 Å². The number of rotatable bonds is 1. The topological polar surface area (TPSA) is 20.2 Å². The average Bonchev–Trinajstić information content (AvgIpc) is 2.47. The third kappa shape index (κ3) is 1.56. The predicted octanol–water partition coefficient (Wildman–Crippen LogP) is 4.11. The van der Waals surface area contributed by atoms with Crippen LogP contribution in [0.1, 0.15) is 5.56 Å². The Morgan fingerprint density at radius 1 is 1.46 bits per heavy atom. The van der Waals surface area contributed by atoms with Crippen LogP contribution in [0.25, 0.3) is 10.1 Å². The summed E-state index contributed by atoms with van der Waals surface area (Å²) in [6.07, 6.45) is 0. The van der Waals surface area contributed by atoms with Gasteiger partial charge in [-0.15, -0.1) is 11.6 Å². The number of hydrogen-bond acceptors (Lipinski definition) is 2. The minimum atomic E-state index is 0.336. The molecule has 0 fully saturated rings. The molecule has 0 saturated carbocycles. The van der Waals surface area contributed by atoms with Gasteiger partial charge in [-0.25, -0.2) is 0 Å². The second kappa shape index (κ2) is 3.48. The van der Waals surface area contributed by atoms with Crippen LogP contribution in [0.15, 0.2) is 22.7 Å². The Morgan fingerprint density at radius 3 is 2.92 bits per heavy atom. The van der Waals surface area contributed by atoms with Crippen LogP contribution in [0.4, 0.5) is 0 Å². The number of thiophene rings is 1. The van der Waals surface area contributed by atoms with Crippen LogP contribution in [0.5, 0.6) is 5.06 Å². The molecule has 68 valence electrons. The highest BCUT2D eigenvalue weighted by Crippen LogP contribution is 2.37. The molecule has 0 atom stereocenters. The summed E-state index contributed by atoms with van der Waals surface area (Å²) in [7, 11) is 0. The number of fused-ring (bicyclic) bond motifs is 1. The summed E-state index contributed by atoms with van der Waals surface area (Å²) >= 11 is 10.6. The zero-order valence-corrected chi connectivity index (χ0v) is 9.71. The summed E-state index contributed by atoms with van der Waals surface area (Å²) in [5, 5.41) is 10.7. The smallest absolute Gasteiger partial charge is 0.172 e. The van der Waals surface area contributed by atoms with Gasteiger partial charge >= 0.3 is 0 Å². The molecule has 0 spiro atoms. The van der Waals surface area contributed by atoms with Crippen LogP contribution in [-0.2, 0) is 5.88 Å². The first-order valence-electron chi connectivity index (χ1n) is 3.68. The van der Waals surface area contributed by atoms with E-state index in [0.29, 0.717) is 10.9 Å². The van der Waals surface area contributed by atoms with E-state index in [1.165, 1.54) is 11.3 Å². The molecule has 2 aromatic rings. The Bertz CT molecular complexity index is 452. The lowest BCUT2D eigenvalue weighted by Crippen LogP contribution is -1.79. The van der Waals surface area contributed by atoms with Crippen molar-refractivity contribution < 1.29 is 5.11 Å². The van der Waals surface area contributed by atoms with E-state index in [1.807, 2.05) is 12.1 Å². The highest BCUT2D eigenvalue weighted by Gasteiger charge is 2.07. The molecule has 0 unspecified atom stereocenters. The maximum atomic E-state index is 9.31. The van der Waals surface area contributed by atoms with E-state index < -0.39 is 0 Å². The third-order valence-corrected chi connectivity index (χ3v) is 3.97. The minimum Gasteiger partial charge on any atom is -0.499 e. The van der Waals surface area contributed by atoms with Gasteiger partial charge < -0.3 is 5.11 Å². The third-order valence-electron chi connectivity index (χ3n) is 1.85. The van der Waals surface area contributed by atoms with Gasteiger partial charge in [-0.1, -0.05) is 17.4 Å². The number of alkyl halides is 1. The molecule has 1 N–H and O–H groups in total. The molecule has 1 aromatic carbocycles. The first-order valence-corrected chi connectivity index (χ1v) is 5.82. The highest BCUT2D eigenvalue weighted by atomic mass is 79.9. The molecular weight excluding hydrogens is 272 g/mol. The van der Waals surface area contributed by atoms with Crippen molar-refractivity contribution in [2.45, 2.75) is 5.88 Å². The SMILES string of the molecule is Oc1cc2c(Br)c(CCl)ccc2s1. The molecule has 1 aromatic heterocycles. The molecule has 0 aliphatic rings. The van der Waals surface area contributed by atoms with Crippen molar-refractivity contribution in [2.24, 2.45) is 0 Å². The fourth-order valence-corrected chi connectivity index (χ4v) is 3.14. The molecule has 1 nitrogen and oxygen atoms in total. The summed E-state index contributed by atoms with van der Waals surface area (Å²) in [5.74, 6) is 0.479. The maximum Gasteiger partial charge on any atom is 0.172 e. The van der Waals surface area contributed by atoms with Gasteiger partial charge in [0.2, 0.25) is 0 Å². The van der Waals surface area contributed by atoms with E-state index in [4.69, 9.17) is 11.6 Å². The number of benzene rings is 1. The van der Waals surface area contributed by atoms with E-state index >= 15 is 0 Å². The van der Waals surface area contributed by atoms with Crippen LogP contribution in [0, 0.1) is 0 Å². The fraction of sp³-hybridized carbons (Fsp3) is 0.111. The Kier molecular flexibility index (Phi) is 2.49. The molecule has 13 heavy (non-hydrogen) atoms. The van der Waals surface area contributed by atoms with Gasteiger partial charge in [0, 0.05) is 26.5 Å². The quantitative estimate of drug-likeness (QED) is 0.778. The lowest BCUT2D eigenvalue weighted by Gasteiger charge is -1.99. The molecular formula is C9H6BrClOS. The molecule has 4 heteroatoms. The minimum absolute atomic E-state index is 0.336. The van der Waals surface area contributed by atoms with Crippen molar-refractivity contribution in [1.29, 1.82) is 0 Å². The Hall–Kier alpha value is -0.250. The molecule has 0 aliphatic heterocycles. The van der Waals surface area contributed by atoms with E-state index in [-0.39, 0.29) is 0 Å². The monoisotopic (exact) mass is 276 g/mol. The molecule has 0 amide bonds. The van der Waals surface area contributed by atoms with E-state index in [1.54, 1.807) is 6.07 Å². The Morgan fingerprint density at radius 2 is 2.23 bits per heavy atom. The van der Waals surface area contributed by atoms with Crippen LogP contribution < -0.4 is 0 Å². The van der Waals surface area contributed by atoms with Gasteiger partial charge in [0.25, 0.3) is 0 Å². The van der Waals surface area contributed by atoms with Crippen LogP contribution in [0.2, 0.25) is 0 Å². The van der Waals surface area contributed by atoms with E-state index in [2.05, 4.69) is 15.9 Å². The largest absolute Gasteiger partial charge is 0.499 e. The van der Waals surface area contributed by atoms with E-state index in [0.717, 1.165) is 20.1 Å². The van der Waals surface area contributed by atoms with Crippen molar-refractivity contribution in [3.63, 3.8) is 0 Å².